The summed E-state index contributed by atoms with van der Waals surface area (Å²) in [5, 5.41) is 12.0. The van der Waals surface area contributed by atoms with Crippen LogP contribution in [0.4, 0.5) is 0 Å². The van der Waals surface area contributed by atoms with Gasteiger partial charge in [0.05, 0.1) is 26.2 Å². The molecule has 4 rings (SSSR count). The van der Waals surface area contributed by atoms with Gasteiger partial charge in [-0.2, -0.15) is 0 Å². The van der Waals surface area contributed by atoms with Gasteiger partial charge in [0, 0.05) is 18.2 Å². The largest absolute Gasteiger partial charge is 0.497 e. The molecule has 3 aromatic rings. The SMILES string of the molecule is COc1ccc(C(c2ccc3ccccc3c2)N2CCCC(C(=O)O)C2)c(OC)c1. The summed E-state index contributed by atoms with van der Waals surface area (Å²) in [6, 6.07) is 20.5. The van der Waals surface area contributed by atoms with Crippen molar-refractivity contribution in [3.05, 3.63) is 71.8 Å². The normalized spacial score (nSPS) is 18.1. The van der Waals surface area contributed by atoms with E-state index in [4.69, 9.17) is 9.47 Å². The van der Waals surface area contributed by atoms with E-state index in [-0.39, 0.29) is 12.0 Å². The first-order chi connectivity index (χ1) is 14.6. The molecule has 3 aromatic carbocycles. The molecule has 5 heteroatoms. The molecule has 1 aliphatic heterocycles. The molecule has 0 bridgehead atoms. The van der Waals surface area contributed by atoms with Crippen LogP contribution in [0.3, 0.4) is 0 Å². The van der Waals surface area contributed by atoms with Crippen molar-refractivity contribution < 1.29 is 19.4 Å². The minimum Gasteiger partial charge on any atom is -0.497 e. The van der Waals surface area contributed by atoms with Crippen LogP contribution in [0.5, 0.6) is 11.5 Å². The van der Waals surface area contributed by atoms with Gasteiger partial charge in [-0.3, -0.25) is 9.69 Å². The number of benzene rings is 3. The summed E-state index contributed by atoms with van der Waals surface area (Å²) in [6.07, 6.45) is 1.58. The summed E-state index contributed by atoms with van der Waals surface area (Å²) in [7, 11) is 3.29. The first-order valence-electron chi connectivity index (χ1n) is 10.3. The third-order valence-corrected chi connectivity index (χ3v) is 5.99. The molecule has 156 valence electrons. The predicted octanol–water partition coefficient (Wildman–Crippen LogP) is 4.74. The lowest BCUT2D eigenvalue weighted by Gasteiger charge is -2.38. The number of carboxylic acids is 1. The van der Waals surface area contributed by atoms with Gasteiger partial charge in [-0.15, -0.1) is 0 Å². The molecule has 2 unspecified atom stereocenters. The zero-order chi connectivity index (χ0) is 21.1. The fraction of sp³-hybridized carbons (Fsp3) is 0.320. The van der Waals surface area contributed by atoms with Gasteiger partial charge in [-0.25, -0.2) is 0 Å². The molecule has 1 fully saturated rings. The van der Waals surface area contributed by atoms with Gasteiger partial charge >= 0.3 is 5.97 Å². The Morgan fingerprint density at radius 1 is 1.03 bits per heavy atom. The van der Waals surface area contributed by atoms with Crippen LogP contribution < -0.4 is 9.47 Å². The number of hydrogen-bond acceptors (Lipinski definition) is 4. The van der Waals surface area contributed by atoms with Crippen LogP contribution in [-0.4, -0.2) is 43.3 Å². The zero-order valence-electron chi connectivity index (χ0n) is 17.4. The average molecular weight is 405 g/mol. The Kier molecular flexibility index (Phi) is 5.91. The fourth-order valence-corrected chi connectivity index (χ4v) is 4.45. The molecule has 5 nitrogen and oxygen atoms in total. The van der Waals surface area contributed by atoms with Crippen LogP contribution >= 0.6 is 0 Å². The number of rotatable bonds is 6. The molecule has 30 heavy (non-hydrogen) atoms. The highest BCUT2D eigenvalue weighted by atomic mass is 16.5. The van der Waals surface area contributed by atoms with Crippen molar-refractivity contribution in [1.29, 1.82) is 0 Å². The van der Waals surface area contributed by atoms with Crippen LogP contribution in [0.25, 0.3) is 10.8 Å². The molecular weight excluding hydrogens is 378 g/mol. The van der Waals surface area contributed by atoms with Gasteiger partial charge in [0.1, 0.15) is 11.5 Å². The standard InChI is InChI=1S/C25H27NO4/c1-29-21-11-12-22(23(15-21)30-2)24(26-13-5-8-20(16-26)25(27)28)19-10-9-17-6-3-4-7-18(17)14-19/h3-4,6-7,9-12,14-15,20,24H,5,8,13,16H2,1-2H3,(H,27,28). The van der Waals surface area contributed by atoms with Crippen molar-refractivity contribution in [2.75, 3.05) is 27.3 Å². The lowest BCUT2D eigenvalue weighted by molar-refractivity contribution is -0.143. The molecule has 0 radical (unpaired) electrons. The second-order valence-electron chi connectivity index (χ2n) is 7.79. The number of aliphatic carboxylic acids is 1. The molecule has 1 heterocycles. The Hall–Kier alpha value is -3.05. The number of methoxy groups -OCH3 is 2. The summed E-state index contributed by atoms with van der Waals surface area (Å²) in [4.78, 5) is 14.0. The summed E-state index contributed by atoms with van der Waals surface area (Å²) < 4.78 is 11.1. The summed E-state index contributed by atoms with van der Waals surface area (Å²) in [6.45, 7) is 1.36. The van der Waals surface area contributed by atoms with Gasteiger partial charge in [0.2, 0.25) is 0 Å². The van der Waals surface area contributed by atoms with E-state index in [1.54, 1.807) is 14.2 Å². The fourth-order valence-electron chi connectivity index (χ4n) is 4.45. The zero-order valence-corrected chi connectivity index (χ0v) is 17.4. The number of carbonyl (C=O) groups is 1. The maximum atomic E-state index is 11.7. The first-order valence-corrected chi connectivity index (χ1v) is 10.3. The van der Waals surface area contributed by atoms with Crippen molar-refractivity contribution in [1.82, 2.24) is 4.90 Å². The molecule has 2 atom stereocenters. The number of carboxylic acid groups (broad SMARTS) is 1. The van der Waals surface area contributed by atoms with Crippen LogP contribution in [0.2, 0.25) is 0 Å². The molecule has 1 aliphatic rings. The number of nitrogens with zero attached hydrogens (tertiary/aromatic N) is 1. The first kappa shape index (κ1) is 20.2. The molecule has 0 amide bonds. The third kappa shape index (κ3) is 3.98. The topological polar surface area (TPSA) is 59.0 Å². The Morgan fingerprint density at radius 2 is 1.83 bits per heavy atom. The third-order valence-electron chi connectivity index (χ3n) is 5.99. The van der Waals surface area contributed by atoms with Crippen molar-refractivity contribution in [3.8, 4) is 11.5 Å². The van der Waals surface area contributed by atoms with E-state index in [1.165, 1.54) is 10.8 Å². The van der Waals surface area contributed by atoms with Gasteiger partial charge in [0.15, 0.2) is 0 Å². The van der Waals surface area contributed by atoms with Gasteiger partial charge in [-0.05, 0) is 53.9 Å². The highest BCUT2D eigenvalue weighted by molar-refractivity contribution is 5.83. The number of fused-ring (bicyclic) bond motifs is 1. The highest BCUT2D eigenvalue weighted by Crippen LogP contribution is 2.39. The number of hydrogen-bond donors (Lipinski definition) is 1. The van der Waals surface area contributed by atoms with E-state index in [1.807, 2.05) is 30.3 Å². The number of ether oxygens (including phenoxy) is 2. The van der Waals surface area contributed by atoms with E-state index in [9.17, 15) is 9.90 Å². The minimum absolute atomic E-state index is 0.0994. The van der Waals surface area contributed by atoms with Crippen molar-refractivity contribution in [3.63, 3.8) is 0 Å². The molecular formula is C25H27NO4. The molecule has 0 spiro atoms. The van der Waals surface area contributed by atoms with Crippen LogP contribution in [0.15, 0.2) is 60.7 Å². The van der Waals surface area contributed by atoms with E-state index in [2.05, 4.69) is 35.2 Å². The van der Waals surface area contributed by atoms with Crippen molar-refractivity contribution in [2.45, 2.75) is 18.9 Å². The van der Waals surface area contributed by atoms with Gasteiger partial charge in [0.25, 0.3) is 0 Å². The lowest BCUT2D eigenvalue weighted by Crippen LogP contribution is -2.41. The Bertz CT molecular complexity index is 1050. The van der Waals surface area contributed by atoms with Crippen LogP contribution in [0.1, 0.15) is 30.0 Å². The summed E-state index contributed by atoms with van der Waals surface area (Å²) in [5.41, 5.74) is 2.14. The molecule has 1 saturated heterocycles. The molecule has 0 saturated carbocycles. The summed E-state index contributed by atoms with van der Waals surface area (Å²) >= 11 is 0. The van der Waals surface area contributed by atoms with Crippen molar-refractivity contribution >= 4 is 16.7 Å². The number of piperidine rings is 1. The second kappa shape index (κ2) is 8.76. The average Bonchev–Trinajstić information content (AvgIpc) is 2.79. The van der Waals surface area contributed by atoms with Crippen LogP contribution in [-0.2, 0) is 4.79 Å². The maximum Gasteiger partial charge on any atom is 0.307 e. The van der Waals surface area contributed by atoms with E-state index in [0.717, 1.165) is 42.0 Å². The minimum atomic E-state index is -0.723. The van der Waals surface area contributed by atoms with Gasteiger partial charge < -0.3 is 14.6 Å². The lowest BCUT2D eigenvalue weighted by atomic mass is 9.90. The smallest absolute Gasteiger partial charge is 0.307 e. The monoisotopic (exact) mass is 405 g/mol. The number of likely N-dealkylation sites (tertiary alicyclic amines) is 1. The molecule has 1 N–H and O–H groups in total. The Balaban J connectivity index is 1.83. The van der Waals surface area contributed by atoms with Crippen LogP contribution in [0, 0.1) is 5.92 Å². The highest BCUT2D eigenvalue weighted by Gasteiger charge is 2.32. The maximum absolute atomic E-state index is 11.7. The quantitative estimate of drug-likeness (QED) is 0.642. The second-order valence-corrected chi connectivity index (χ2v) is 7.79. The predicted molar refractivity (Wildman–Crippen MR) is 117 cm³/mol. The summed E-state index contributed by atoms with van der Waals surface area (Å²) in [5.74, 6) is 0.393. The van der Waals surface area contributed by atoms with E-state index >= 15 is 0 Å². The molecule has 0 aromatic heterocycles. The molecule has 0 aliphatic carbocycles. The Labute approximate surface area is 176 Å². The van der Waals surface area contributed by atoms with Crippen molar-refractivity contribution in [2.24, 2.45) is 5.92 Å². The Morgan fingerprint density at radius 3 is 2.57 bits per heavy atom. The van der Waals surface area contributed by atoms with E-state index in [0.29, 0.717) is 6.54 Å². The van der Waals surface area contributed by atoms with Gasteiger partial charge in [-0.1, -0.05) is 36.4 Å². The van der Waals surface area contributed by atoms with E-state index < -0.39 is 5.97 Å².